The molecule has 0 bridgehead atoms. The van der Waals surface area contributed by atoms with Crippen molar-refractivity contribution in [1.82, 2.24) is 10.2 Å². The minimum Gasteiger partial charge on any atom is -0.345 e. The van der Waals surface area contributed by atoms with Gasteiger partial charge in [-0.25, -0.2) is 0 Å². The fraction of sp³-hybridized carbons (Fsp3) is 0.259. The number of carbonyl (C=O) groups excluding carboxylic acids is 2. The van der Waals surface area contributed by atoms with Crippen LogP contribution in [0, 0.1) is 0 Å². The number of rotatable bonds is 7. The van der Waals surface area contributed by atoms with Crippen LogP contribution >= 0.6 is 0 Å². The lowest BCUT2D eigenvalue weighted by atomic mass is 10.1. The van der Waals surface area contributed by atoms with Crippen LogP contribution in [0.15, 0.2) is 78.9 Å². The molecule has 0 aliphatic carbocycles. The van der Waals surface area contributed by atoms with Crippen molar-refractivity contribution in [3.05, 3.63) is 101 Å². The van der Waals surface area contributed by atoms with E-state index in [1.165, 1.54) is 18.4 Å². The predicted octanol–water partition coefficient (Wildman–Crippen LogP) is 5.03. The summed E-state index contributed by atoms with van der Waals surface area (Å²) < 4.78 is 0. The van der Waals surface area contributed by atoms with Crippen molar-refractivity contribution < 1.29 is 9.59 Å². The number of amides is 2. The molecule has 1 aliphatic heterocycles. The number of para-hydroxylation sites is 1. The summed E-state index contributed by atoms with van der Waals surface area (Å²) in [4.78, 5) is 28.2. The Morgan fingerprint density at radius 2 is 1.50 bits per heavy atom. The second kappa shape index (κ2) is 10.2. The summed E-state index contributed by atoms with van der Waals surface area (Å²) in [6.45, 7) is 5.15. The quantitative estimate of drug-likeness (QED) is 0.556. The maximum Gasteiger partial charge on any atom is 0.255 e. The first kappa shape index (κ1) is 21.8. The Bertz CT molecular complexity index is 1060. The molecule has 32 heavy (non-hydrogen) atoms. The van der Waals surface area contributed by atoms with E-state index in [1.54, 1.807) is 18.2 Å². The first-order chi connectivity index (χ1) is 15.6. The molecule has 4 rings (SSSR count). The summed E-state index contributed by atoms with van der Waals surface area (Å²) in [6, 6.07) is 24.4. The summed E-state index contributed by atoms with van der Waals surface area (Å²) >= 11 is 0. The summed E-state index contributed by atoms with van der Waals surface area (Å²) in [6.07, 6.45) is 2.52. The van der Waals surface area contributed by atoms with Gasteiger partial charge in [0.15, 0.2) is 0 Å². The Hall–Kier alpha value is -3.44. The Kier molecular flexibility index (Phi) is 6.97. The number of hydrogen-bond donors (Lipinski definition) is 2. The minimum absolute atomic E-state index is 0.143. The molecule has 0 spiro atoms. The van der Waals surface area contributed by atoms with E-state index in [-0.39, 0.29) is 17.9 Å². The zero-order valence-electron chi connectivity index (χ0n) is 18.4. The van der Waals surface area contributed by atoms with Crippen LogP contribution in [-0.4, -0.2) is 29.8 Å². The van der Waals surface area contributed by atoms with Crippen molar-refractivity contribution >= 4 is 17.5 Å². The van der Waals surface area contributed by atoms with Crippen molar-refractivity contribution in [2.75, 3.05) is 18.4 Å². The van der Waals surface area contributed by atoms with Crippen molar-refractivity contribution in [2.45, 2.75) is 32.4 Å². The van der Waals surface area contributed by atoms with Gasteiger partial charge in [-0.15, -0.1) is 0 Å². The van der Waals surface area contributed by atoms with E-state index >= 15 is 0 Å². The van der Waals surface area contributed by atoms with Crippen LogP contribution in [0.1, 0.15) is 57.7 Å². The zero-order chi connectivity index (χ0) is 22.3. The van der Waals surface area contributed by atoms with Gasteiger partial charge >= 0.3 is 0 Å². The summed E-state index contributed by atoms with van der Waals surface area (Å²) in [7, 11) is 0. The maximum absolute atomic E-state index is 12.9. The van der Waals surface area contributed by atoms with Gasteiger partial charge in [-0.2, -0.15) is 0 Å². The van der Waals surface area contributed by atoms with E-state index in [4.69, 9.17) is 0 Å². The third-order valence-electron chi connectivity index (χ3n) is 5.89. The van der Waals surface area contributed by atoms with Crippen molar-refractivity contribution in [1.29, 1.82) is 0 Å². The topological polar surface area (TPSA) is 61.4 Å². The molecule has 3 aromatic carbocycles. The maximum atomic E-state index is 12.9. The number of nitrogens with zero attached hydrogens (tertiary/aromatic N) is 1. The summed E-state index contributed by atoms with van der Waals surface area (Å²) in [5, 5.41) is 5.92. The first-order valence-electron chi connectivity index (χ1n) is 11.2. The average Bonchev–Trinajstić information content (AvgIpc) is 3.33. The molecule has 0 saturated carbocycles. The Morgan fingerprint density at radius 3 is 2.22 bits per heavy atom. The number of hydrogen-bond acceptors (Lipinski definition) is 3. The van der Waals surface area contributed by atoms with E-state index in [2.05, 4.69) is 15.5 Å². The van der Waals surface area contributed by atoms with Gasteiger partial charge in [0.05, 0.1) is 17.3 Å². The standard InChI is InChI=1S/C27H29N3O2/c1-20(22-9-3-2-4-10-22)28-27(32)24-11-5-6-12-25(24)29-26(31)23-15-13-21(14-16-23)19-30-17-7-8-18-30/h2-6,9-16,20H,7-8,17-19H2,1H3,(H,28,32)(H,29,31)/t20-/m1/s1. The predicted molar refractivity (Wildman–Crippen MR) is 128 cm³/mol. The van der Waals surface area contributed by atoms with E-state index < -0.39 is 0 Å². The molecule has 0 radical (unpaired) electrons. The van der Waals surface area contributed by atoms with Crippen LogP contribution in [0.2, 0.25) is 0 Å². The SMILES string of the molecule is C[C@@H](NC(=O)c1ccccc1NC(=O)c1ccc(CN2CCCC2)cc1)c1ccccc1. The van der Waals surface area contributed by atoms with E-state index in [1.807, 2.05) is 67.6 Å². The number of carbonyl (C=O) groups is 2. The molecule has 0 aromatic heterocycles. The lowest BCUT2D eigenvalue weighted by Crippen LogP contribution is -2.28. The lowest BCUT2D eigenvalue weighted by molar-refractivity contribution is 0.0941. The Morgan fingerprint density at radius 1 is 0.844 bits per heavy atom. The van der Waals surface area contributed by atoms with Gasteiger partial charge in [0.25, 0.3) is 11.8 Å². The molecule has 2 N–H and O–H groups in total. The molecule has 0 unspecified atom stereocenters. The number of likely N-dealkylation sites (tertiary alicyclic amines) is 1. The molecule has 2 amide bonds. The van der Waals surface area contributed by atoms with Gasteiger partial charge in [0.2, 0.25) is 0 Å². The van der Waals surface area contributed by atoms with Crippen molar-refractivity contribution in [2.24, 2.45) is 0 Å². The van der Waals surface area contributed by atoms with Gasteiger partial charge in [0.1, 0.15) is 0 Å². The number of benzene rings is 3. The fourth-order valence-electron chi connectivity index (χ4n) is 4.04. The Balaban J connectivity index is 1.42. The smallest absolute Gasteiger partial charge is 0.255 e. The van der Waals surface area contributed by atoms with Gasteiger partial charge in [-0.3, -0.25) is 14.5 Å². The molecule has 3 aromatic rings. The number of anilines is 1. The second-order valence-electron chi connectivity index (χ2n) is 8.29. The monoisotopic (exact) mass is 427 g/mol. The highest BCUT2D eigenvalue weighted by atomic mass is 16.2. The van der Waals surface area contributed by atoms with Gasteiger partial charge < -0.3 is 10.6 Å². The molecular weight excluding hydrogens is 398 g/mol. The van der Waals surface area contributed by atoms with Crippen LogP contribution in [0.25, 0.3) is 0 Å². The highest BCUT2D eigenvalue weighted by Gasteiger charge is 2.17. The molecule has 1 fully saturated rings. The van der Waals surface area contributed by atoms with Gasteiger partial charge in [-0.05, 0) is 68.2 Å². The van der Waals surface area contributed by atoms with Crippen LogP contribution < -0.4 is 10.6 Å². The van der Waals surface area contributed by atoms with Crippen molar-refractivity contribution in [3.63, 3.8) is 0 Å². The molecular formula is C27H29N3O2. The van der Waals surface area contributed by atoms with Crippen LogP contribution in [0.3, 0.4) is 0 Å². The average molecular weight is 428 g/mol. The molecule has 5 nitrogen and oxygen atoms in total. The molecule has 1 saturated heterocycles. The first-order valence-corrected chi connectivity index (χ1v) is 11.2. The summed E-state index contributed by atoms with van der Waals surface area (Å²) in [5.41, 5.74) is 3.74. The van der Waals surface area contributed by atoms with Gasteiger partial charge in [0, 0.05) is 12.1 Å². The Labute approximate surface area is 189 Å². The normalized spacial score (nSPS) is 14.7. The zero-order valence-corrected chi connectivity index (χ0v) is 18.4. The second-order valence-corrected chi connectivity index (χ2v) is 8.29. The van der Waals surface area contributed by atoms with E-state index in [9.17, 15) is 9.59 Å². The van der Waals surface area contributed by atoms with Gasteiger partial charge in [-0.1, -0.05) is 54.6 Å². The largest absolute Gasteiger partial charge is 0.345 e. The highest BCUT2D eigenvalue weighted by molar-refractivity contribution is 6.09. The number of nitrogens with one attached hydrogen (secondary N) is 2. The molecule has 1 heterocycles. The summed E-state index contributed by atoms with van der Waals surface area (Å²) in [5.74, 6) is -0.452. The third kappa shape index (κ3) is 5.42. The van der Waals surface area contributed by atoms with Crippen LogP contribution in [0.5, 0.6) is 0 Å². The van der Waals surface area contributed by atoms with Crippen LogP contribution in [-0.2, 0) is 6.54 Å². The molecule has 5 heteroatoms. The third-order valence-corrected chi connectivity index (χ3v) is 5.89. The van der Waals surface area contributed by atoms with Crippen LogP contribution in [0.4, 0.5) is 5.69 Å². The molecule has 1 atom stereocenters. The minimum atomic E-state index is -0.228. The van der Waals surface area contributed by atoms with E-state index in [0.29, 0.717) is 16.8 Å². The molecule has 164 valence electrons. The highest BCUT2D eigenvalue weighted by Crippen LogP contribution is 2.19. The van der Waals surface area contributed by atoms with E-state index in [0.717, 1.165) is 25.2 Å². The lowest BCUT2D eigenvalue weighted by Gasteiger charge is -2.17. The molecule has 1 aliphatic rings. The fourth-order valence-corrected chi connectivity index (χ4v) is 4.04. The van der Waals surface area contributed by atoms with Crippen molar-refractivity contribution in [3.8, 4) is 0 Å².